The average molecular weight is 273 g/mol. The highest BCUT2D eigenvalue weighted by Crippen LogP contribution is 2.25. The van der Waals surface area contributed by atoms with E-state index in [2.05, 4.69) is 9.73 Å². The molecule has 0 aliphatic heterocycles. The van der Waals surface area contributed by atoms with Crippen LogP contribution in [0.1, 0.15) is 18.9 Å². The number of carbonyl (C=O) groups is 1. The Balaban J connectivity index is 2.76. The van der Waals surface area contributed by atoms with Gasteiger partial charge in [0.05, 0.1) is 13.0 Å². The molecule has 19 heavy (non-hydrogen) atoms. The van der Waals surface area contributed by atoms with Crippen molar-refractivity contribution in [3.63, 3.8) is 0 Å². The summed E-state index contributed by atoms with van der Waals surface area (Å²) in [6.07, 6.45) is -4.27. The number of alkyl halides is 3. The third-order valence-electron chi connectivity index (χ3n) is 2.25. The number of hydrogen-bond acceptors (Lipinski definition) is 3. The van der Waals surface area contributed by atoms with Crippen LogP contribution in [0, 0.1) is 0 Å². The predicted octanol–water partition coefficient (Wildman–Crippen LogP) is 2.99. The molecule has 1 aromatic rings. The topological polar surface area (TPSA) is 38.7 Å². The first kappa shape index (κ1) is 15.2. The second kappa shape index (κ2) is 6.92. The zero-order valence-electron chi connectivity index (χ0n) is 10.4. The van der Waals surface area contributed by atoms with Crippen molar-refractivity contribution in [2.24, 2.45) is 4.99 Å². The summed E-state index contributed by atoms with van der Waals surface area (Å²) in [5.74, 6) is -0.907. The summed E-state index contributed by atoms with van der Waals surface area (Å²) >= 11 is 0. The SMILES string of the molecule is CCOC(=O)C[C@@H](N=Cc1ccccc1)C(F)(F)F. The highest BCUT2D eigenvalue weighted by molar-refractivity contribution is 5.80. The van der Waals surface area contributed by atoms with E-state index in [1.54, 1.807) is 30.3 Å². The fraction of sp³-hybridized carbons (Fsp3) is 0.385. The van der Waals surface area contributed by atoms with E-state index < -0.39 is 24.6 Å². The van der Waals surface area contributed by atoms with Crippen molar-refractivity contribution in [2.45, 2.75) is 25.6 Å². The normalized spacial score (nSPS) is 13.5. The van der Waals surface area contributed by atoms with Crippen LogP contribution in [-0.4, -0.2) is 31.0 Å². The molecule has 0 fully saturated rings. The van der Waals surface area contributed by atoms with Crippen LogP contribution in [0.2, 0.25) is 0 Å². The Hall–Kier alpha value is -1.85. The number of aliphatic imine (C=N–C) groups is 1. The summed E-state index contributed by atoms with van der Waals surface area (Å²) < 4.78 is 42.6. The molecule has 0 bridgehead atoms. The van der Waals surface area contributed by atoms with E-state index in [1.165, 1.54) is 6.92 Å². The molecule has 0 aliphatic carbocycles. The molecule has 1 aromatic carbocycles. The summed E-state index contributed by atoms with van der Waals surface area (Å²) in [7, 11) is 0. The Morgan fingerprint density at radius 2 is 2.00 bits per heavy atom. The van der Waals surface area contributed by atoms with Gasteiger partial charge in [-0.2, -0.15) is 13.2 Å². The Morgan fingerprint density at radius 1 is 1.37 bits per heavy atom. The Bertz CT molecular complexity index is 429. The second-order valence-electron chi connectivity index (χ2n) is 3.76. The van der Waals surface area contributed by atoms with Crippen LogP contribution in [-0.2, 0) is 9.53 Å². The smallest absolute Gasteiger partial charge is 0.411 e. The highest BCUT2D eigenvalue weighted by atomic mass is 19.4. The molecule has 0 aromatic heterocycles. The number of halogens is 3. The lowest BCUT2D eigenvalue weighted by Crippen LogP contribution is -2.30. The lowest BCUT2D eigenvalue weighted by atomic mass is 10.2. The fourth-order valence-electron chi connectivity index (χ4n) is 1.35. The van der Waals surface area contributed by atoms with E-state index in [4.69, 9.17) is 0 Å². The monoisotopic (exact) mass is 273 g/mol. The van der Waals surface area contributed by atoms with Gasteiger partial charge in [0.25, 0.3) is 0 Å². The molecule has 0 aliphatic rings. The molecular formula is C13H14F3NO2. The molecule has 0 spiro atoms. The zero-order chi connectivity index (χ0) is 14.3. The van der Waals surface area contributed by atoms with Crippen molar-refractivity contribution in [1.82, 2.24) is 0 Å². The molecule has 6 heteroatoms. The van der Waals surface area contributed by atoms with Crippen molar-refractivity contribution in [3.05, 3.63) is 35.9 Å². The third kappa shape index (κ3) is 5.54. The molecule has 104 valence electrons. The van der Waals surface area contributed by atoms with E-state index >= 15 is 0 Å². The maximum atomic E-state index is 12.7. The van der Waals surface area contributed by atoms with Crippen molar-refractivity contribution in [1.29, 1.82) is 0 Å². The van der Waals surface area contributed by atoms with E-state index in [-0.39, 0.29) is 6.61 Å². The number of benzene rings is 1. The number of nitrogens with zero attached hydrogens (tertiary/aromatic N) is 1. The minimum Gasteiger partial charge on any atom is -0.466 e. The summed E-state index contributed by atoms with van der Waals surface area (Å²) in [5.41, 5.74) is 0.542. The average Bonchev–Trinajstić information content (AvgIpc) is 2.34. The molecule has 0 unspecified atom stereocenters. The number of carbonyl (C=O) groups excluding carboxylic acids is 1. The van der Waals surface area contributed by atoms with Gasteiger partial charge in [-0.15, -0.1) is 0 Å². The maximum Gasteiger partial charge on any atom is 0.411 e. The number of esters is 1. The fourth-order valence-corrected chi connectivity index (χ4v) is 1.35. The van der Waals surface area contributed by atoms with Gasteiger partial charge in [-0.25, -0.2) is 0 Å². The molecule has 0 saturated heterocycles. The summed E-state index contributed by atoms with van der Waals surface area (Å²) in [5, 5.41) is 0. The Morgan fingerprint density at radius 3 is 2.53 bits per heavy atom. The molecule has 0 radical (unpaired) electrons. The highest BCUT2D eigenvalue weighted by Gasteiger charge is 2.40. The standard InChI is InChI=1S/C13H14F3NO2/c1-2-19-12(18)8-11(13(14,15)16)17-9-10-6-4-3-5-7-10/h3-7,9,11H,2,8H2,1H3/t11-/m1/s1. The largest absolute Gasteiger partial charge is 0.466 e. The Labute approximate surface area is 109 Å². The number of ether oxygens (including phenoxy) is 1. The zero-order valence-corrected chi connectivity index (χ0v) is 10.4. The molecule has 1 rings (SSSR count). The van der Waals surface area contributed by atoms with Crippen molar-refractivity contribution < 1.29 is 22.7 Å². The second-order valence-corrected chi connectivity index (χ2v) is 3.76. The van der Waals surface area contributed by atoms with Gasteiger partial charge in [0.1, 0.15) is 0 Å². The van der Waals surface area contributed by atoms with Gasteiger partial charge in [-0.1, -0.05) is 30.3 Å². The summed E-state index contributed by atoms with van der Waals surface area (Å²) in [6, 6.07) is 6.30. The van der Waals surface area contributed by atoms with Gasteiger partial charge in [0.15, 0.2) is 6.04 Å². The minimum atomic E-state index is -4.57. The van der Waals surface area contributed by atoms with Gasteiger partial charge in [-0.05, 0) is 12.5 Å². The number of rotatable bonds is 5. The summed E-state index contributed by atoms with van der Waals surface area (Å²) in [4.78, 5) is 14.6. The van der Waals surface area contributed by atoms with Crippen LogP contribution in [0.4, 0.5) is 13.2 Å². The molecule has 0 N–H and O–H groups in total. The van der Waals surface area contributed by atoms with Crippen LogP contribution < -0.4 is 0 Å². The van der Waals surface area contributed by atoms with Crippen molar-refractivity contribution >= 4 is 12.2 Å². The van der Waals surface area contributed by atoms with Gasteiger partial charge in [-0.3, -0.25) is 9.79 Å². The lowest BCUT2D eigenvalue weighted by molar-refractivity contribution is -0.163. The van der Waals surface area contributed by atoms with Gasteiger partial charge in [0.2, 0.25) is 0 Å². The van der Waals surface area contributed by atoms with E-state index in [0.29, 0.717) is 5.56 Å². The molecular weight excluding hydrogens is 259 g/mol. The van der Waals surface area contributed by atoms with Crippen LogP contribution in [0.25, 0.3) is 0 Å². The van der Waals surface area contributed by atoms with Crippen LogP contribution in [0.5, 0.6) is 0 Å². The quantitative estimate of drug-likeness (QED) is 0.611. The van der Waals surface area contributed by atoms with E-state index in [0.717, 1.165) is 6.21 Å². The van der Waals surface area contributed by atoms with Crippen LogP contribution in [0.15, 0.2) is 35.3 Å². The summed E-state index contributed by atoms with van der Waals surface area (Å²) in [6.45, 7) is 1.58. The maximum absolute atomic E-state index is 12.7. The molecule has 0 heterocycles. The van der Waals surface area contributed by atoms with Gasteiger partial charge in [0, 0.05) is 6.21 Å². The first-order valence-corrected chi connectivity index (χ1v) is 5.74. The van der Waals surface area contributed by atoms with Gasteiger partial charge >= 0.3 is 12.1 Å². The van der Waals surface area contributed by atoms with Crippen LogP contribution in [0.3, 0.4) is 0 Å². The minimum absolute atomic E-state index is 0.0474. The van der Waals surface area contributed by atoms with Gasteiger partial charge < -0.3 is 4.74 Å². The van der Waals surface area contributed by atoms with Crippen LogP contribution >= 0.6 is 0 Å². The van der Waals surface area contributed by atoms with Crippen molar-refractivity contribution in [3.8, 4) is 0 Å². The first-order chi connectivity index (χ1) is 8.93. The molecule has 0 amide bonds. The molecule has 3 nitrogen and oxygen atoms in total. The lowest BCUT2D eigenvalue weighted by Gasteiger charge is -2.15. The third-order valence-corrected chi connectivity index (χ3v) is 2.25. The van der Waals surface area contributed by atoms with E-state index in [9.17, 15) is 18.0 Å². The van der Waals surface area contributed by atoms with Crippen molar-refractivity contribution in [2.75, 3.05) is 6.61 Å². The molecule has 0 saturated carbocycles. The van der Waals surface area contributed by atoms with E-state index in [1.807, 2.05) is 0 Å². The predicted molar refractivity (Wildman–Crippen MR) is 65.1 cm³/mol. The first-order valence-electron chi connectivity index (χ1n) is 5.74. The number of hydrogen-bond donors (Lipinski definition) is 0. The Kier molecular flexibility index (Phi) is 5.54. The molecule has 1 atom stereocenters.